The van der Waals surface area contributed by atoms with Crippen LogP contribution >= 0.6 is 12.2 Å². The molecule has 1 aromatic rings. The molecule has 1 aliphatic carbocycles. The van der Waals surface area contributed by atoms with Gasteiger partial charge in [-0.1, -0.05) is 12.2 Å². The summed E-state index contributed by atoms with van der Waals surface area (Å²) in [7, 11) is -2.98. The molecule has 1 aliphatic rings. The van der Waals surface area contributed by atoms with Gasteiger partial charge in [-0.3, -0.25) is 0 Å². The fourth-order valence-electron chi connectivity index (χ4n) is 2.49. The number of nitrogens with two attached hydrogens (primary N) is 1. The molecule has 2 rings (SSSR count). The number of rotatable bonds is 4. The van der Waals surface area contributed by atoms with Gasteiger partial charge in [-0.25, -0.2) is 8.42 Å². The van der Waals surface area contributed by atoms with Crippen molar-refractivity contribution in [3.8, 4) is 5.75 Å². The number of hydrogen-bond donors (Lipinski definition) is 1. The van der Waals surface area contributed by atoms with E-state index in [0.717, 1.165) is 30.6 Å². The lowest BCUT2D eigenvalue weighted by Gasteiger charge is -2.28. The molecule has 4 nitrogen and oxygen atoms in total. The van der Waals surface area contributed by atoms with Crippen LogP contribution in [-0.4, -0.2) is 31.0 Å². The Labute approximate surface area is 125 Å². The summed E-state index contributed by atoms with van der Waals surface area (Å²) in [5, 5.41) is -0.280. The van der Waals surface area contributed by atoms with Crippen molar-refractivity contribution in [2.75, 3.05) is 6.26 Å². The Bertz CT molecular complexity index is 581. The first-order chi connectivity index (χ1) is 9.36. The van der Waals surface area contributed by atoms with Crippen molar-refractivity contribution in [3.05, 3.63) is 29.8 Å². The summed E-state index contributed by atoms with van der Waals surface area (Å²) in [5.74, 6) is 0.726. The molecule has 0 amide bonds. The molecule has 0 heterocycles. The first-order valence-corrected chi connectivity index (χ1v) is 8.98. The van der Waals surface area contributed by atoms with Crippen LogP contribution in [0, 0.1) is 0 Å². The first kappa shape index (κ1) is 15.3. The van der Waals surface area contributed by atoms with Gasteiger partial charge in [-0.2, -0.15) is 0 Å². The van der Waals surface area contributed by atoms with Crippen molar-refractivity contribution >= 4 is 27.0 Å². The highest BCUT2D eigenvalue weighted by atomic mass is 32.2. The van der Waals surface area contributed by atoms with E-state index in [9.17, 15) is 8.42 Å². The topological polar surface area (TPSA) is 69.4 Å². The molecular weight excluding hydrogens is 294 g/mol. The molecule has 0 aliphatic heterocycles. The van der Waals surface area contributed by atoms with Crippen LogP contribution in [0.3, 0.4) is 0 Å². The second kappa shape index (κ2) is 6.10. The Morgan fingerprint density at radius 1 is 1.30 bits per heavy atom. The normalized spacial score (nSPS) is 23.2. The Morgan fingerprint density at radius 3 is 2.50 bits per heavy atom. The van der Waals surface area contributed by atoms with E-state index in [0.29, 0.717) is 11.4 Å². The standard InChI is InChI=1S/C14H19NO3S2/c1-20(16,17)13-4-2-3-12(9-13)18-11-7-5-10(6-8-11)14(15)19/h5-8,12-13H,2-4,9H2,1H3,(H2,15,19). The van der Waals surface area contributed by atoms with Gasteiger partial charge >= 0.3 is 0 Å². The van der Waals surface area contributed by atoms with Crippen LogP contribution in [0.1, 0.15) is 31.2 Å². The Hall–Kier alpha value is -1.14. The predicted octanol–water partition coefficient (Wildman–Crippen LogP) is 2.06. The van der Waals surface area contributed by atoms with Crippen LogP contribution in [-0.2, 0) is 9.84 Å². The maximum Gasteiger partial charge on any atom is 0.150 e. The second-order valence-electron chi connectivity index (χ2n) is 5.25. The van der Waals surface area contributed by atoms with Crippen molar-refractivity contribution < 1.29 is 13.2 Å². The molecular formula is C14H19NO3S2. The average molecular weight is 313 g/mol. The van der Waals surface area contributed by atoms with Gasteiger partial charge in [0.25, 0.3) is 0 Å². The third kappa shape index (κ3) is 3.93. The molecule has 1 fully saturated rings. The molecule has 2 atom stereocenters. The number of sulfone groups is 1. The summed E-state index contributed by atoms with van der Waals surface area (Å²) in [5.41, 5.74) is 6.33. The average Bonchev–Trinajstić information content (AvgIpc) is 2.38. The van der Waals surface area contributed by atoms with Gasteiger partial charge in [0, 0.05) is 18.2 Å². The van der Waals surface area contributed by atoms with Gasteiger partial charge in [0.15, 0.2) is 0 Å². The molecule has 1 saturated carbocycles. The minimum atomic E-state index is -2.98. The van der Waals surface area contributed by atoms with Crippen molar-refractivity contribution in [2.24, 2.45) is 5.73 Å². The second-order valence-corrected chi connectivity index (χ2v) is 8.01. The lowest BCUT2D eigenvalue weighted by atomic mass is 9.97. The van der Waals surface area contributed by atoms with Crippen LogP contribution in [0.4, 0.5) is 0 Å². The lowest BCUT2D eigenvalue weighted by molar-refractivity contribution is 0.156. The number of thiocarbonyl (C=S) groups is 1. The molecule has 0 radical (unpaired) electrons. The van der Waals surface area contributed by atoms with E-state index in [1.165, 1.54) is 6.26 Å². The quantitative estimate of drug-likeness (QED) is 0.862. The van der Waals surface area contributed by atoms with Gasteiger partial charge in [-0.05, 0) is 43.5 Å². The summed E-state index contributed by atoms with van der Waals surface area (Å²) in [6.07, 6.45) is 4.33. The Kier molecular flexibility index (Phi) is 4.65. The number of benzene rings is 1. The fraction of sp³-hybridized carbons (Fsp3) is 0.500. The van der Waals surface area contributed by atoms with Crippen LogP contribution in [0.25, 0.3) is 0 Å². The van der Waals surface area contributed by atoms with Crippen LogP contribution in [0.15, 0.2) is 24.3 Å². The minimum absolute atomic E-state index is 0.0425. The molecule has 2 N–H and O–H groups in total. The van der Waals surface area contributed by atoms with Gasteiger partial charge in [-0.15, -0.1) is 0 Å². The zero-order chi connectivity index (χ0) is 14.8. The molecule has 20 heavy (non-hydrogen) atoms. The molecule has 0 aromatic heterocycles. The van der Waals surface area contributed by atoms with E-state index in [2.05, 4.69) is 0 Å². The highest BCUT2D eigenvalue weighted by Gasteiger charge is 2.29. The summed E-state index contributed by atoms with van der Waals surface area (Å²) in [6.45, 7) is 0. The third-order valence-corrected chi connectivity index (χ3v) is 5.50. The summed E-state index contributed by atoms with van der Waals surface area (Å²) in [4.78, 5) is 0.353. The van der Waals surface area contributed by atoms with E-state index < -0.39 is 9.84 Å². The summed E-state index contributed by atoms with van der Waals surface area (Å²) >= 11 is 4.89. The van der Waals surface area contributed by atoms with Crippen molar-refractivity contribution in [2.45, 2.75) is 37.0 Å². The highest BCUT2D eigenvalue weighted by molar-refractivity contribution is 7.91. The van der Waals surface area contributed by atoms with Gasteiger partial charge in [0.2, 0.25) is 0 Å². The minimum Gasteiger partial charge on any atom is -0.490 e. The van der Waals surface area contributed by atoms with E-state index >= 15 is 0 Å². The maximum absolute atomic E-state index is 11.6. The molecule has 1 aromatic carbocycles. The summed E-state index contributed by atoms with van der Waals surface area (Å²) < 4.78 is 29.1. The first-order valence-electron chi connectivity index (χ1n) is 6.61. The molecule has 110 valence electrons. The number of ether oxygens (including phenoxy) is 1. The highest BCUT2D eigenvalue weighted by Crippen LogP contribution is 2.27. The SMILES string of the molecule is CS(=O)(=O)C1CCCC(Oc2ccc(C(N)=S)cc2)C1. The zero-order valence-electron chi connectivity index (χ0n) is 11.4. The van der Waals surface area contributed by atoms with Crippen molar-refractivity contribution in [3.63, 3.8) is 0 Å². The zero-order valence-corrected chi connectivity index (χ0v) is 13.0. The van der Waals surface area contributed by atoms with E-state index in [-0.39, 0.29) is 11.4 Å². The van der Waals surface area contributed by atoms with Gasteiger partial charge in [0.05, 0.1) is 11.4 Å². The smallest absolute Gasteiger partial charge is 0.150 e. The van der Waals surface area contributed by atoms with Gasteiger partial charge < -0.3 is 10.5 Å². The molecule has 6 heteroatoms. The Balaban J connectivity index is 2.01. The van der Waals surface area contributed by atoms with Gasteiger partial charge in [0.1, 0.15) is 20.6 Å². The lowest BCUT2D eigenvalue weighted by Crippen LogP contribution is -2.33. The van der Waals surface area contributed by atoms with Crippen LogP contribution in [0.2, 0.25) is 0 Å². The predicted molar refractivity (Wildman–Crippen MR) is 83.8 cm³/mol. The van der Waals surface area contributed by atoms with Crippen LogP contribution in [0.5, 0.6) is 5.75 Å². The van der Waals surface area contributed by atoms with E-state index in [1.807, 2.05) is 24.3 Å². The van der Waals surface area contributed by atoms with Crippen LogP contribution < -0.4 is 10.5 Å². The van der Waals surface area contributed by atoms with E-state index in [1.54, 1.807) is 0 Å². The fourth-order valence-corrected chi connectivity index (χ4v) is 3.78. The molecule has 0 bridgehead atoms. The number of hydrogen-bond acceptors (Lipinski definition) is 4. The summed E-state index contributed by atoms with van der Waals surface area (Å²) in [6, 6.07) is 7.26. The largest absolute Gasteiger partial charge is 0.490 e. The molecule has 0 spiro atoms. The van der Waals surface area contributed by atoms with Crippen molar-refractivity contribution in [1.29, 1.82) is 0 Å². The maximum atomic E-state index is 11.6. The Morgan fingerprint density at radius 2 is 1.95 bits per heavy atom. The third-order valence-electron chi connectivity index (χ3n) is 3.63. The van der Waals surface area contributed by atoms with Crippen molar-refractivity contribution in [1.82, 2.24) is 0 Å². The molecule has 0 saturated heterocycles. The molecule has 2 unspecified atom stereocenters. The van der Waals surface area contributed by atoms with E-state index in [4.69, 9.17) is 22.7 Å². The monoisotopic (exact) mass is 313 g/mol.